The summed E-state index contributed by atoms with van der Waals surface area (Å²) in [5, 5.41) is 0. The van der Waals surface area contributed by atoms with Gasteiger partial charge in [-0.2, -0.15) is 4.99 Å². The zero-order valence-corrected chi connectivity index (χ0v) is 17.5. The van der Waals surface area contributed by atoms with Crippen LogP contribution in [-0.4, -0.2) is 14.4 Å². The fraction of sp³-hybridized carbons (Fsp3) is 0.174. The topological polar surface area (TPSA) is 93.8 Å². The van der Waals surface area contributed by atoms with Crippen LogP contribution in [0, 0.1) is 0 Å². The third-order valence-electron chi connectivity index (χ3n) is 4.74. The molecule has 1 heterocycles. The Hall–Kier alpha value is -3.32. The maximum atomic E-state index is 12.2. The first-order valence-electron chi connectivity index (χ1n) is 9.57. The molecule has 30 heavy (non-hydrogen) atoms. The molecule has 0 amide bonds. The molecule has 156 valence electrons. The summed E-state index contributed by atoms with van der Waals surface area (Å²) in [5.74, 6) is 0. The Morgan fingerprint density at radius 1 is 1.10 bits per heavy atom. The van der Waals surface area contributed by atoms with Crippen molar-refractivity contribution in [1.82, 2.24) is 0 Å². The van der Waals surface area contributed by atoms with E-state index < -0.39 is 10.0 Å². The second-order valence-electron chi connectivity index (χ2n) is 6.82. The monoisotopic (exact) mass is 423 g/mol. The lowest BCUT2D eigenvalue weighted by atomic mass is 10.1. The summed E-state index contributed by atoms with van der Waals surface area (Å²) in [6.07, 6.45) is 7.96. The average molecular weight is 424 g/mol. The molecule has 1 aliphatic carbocycles. The number of hydrogen-bond donors (Lipinski definition) is 2. The van der Waals surface area contributed by atoms with Gasteiger partial charge in [-0.3, -0.25) is 4.72 Å². The van der Waals surface area contributed by atoms with E-state index in [0.717, 1.165) is 5.56 Å². The lowest BCUT2D eigenvalue weighted by Gasteiger charge is -2.16. The second-order valence-corrected chi connectivity index (χ2v) is 8.50. The van der Waals surface area contributed by atoms with Crippen molar-refractivity contribution in [3.63, 3.8) is 0 Å². The van der Waals surface area contributed by atoms with Gasteiger partial charge in [0.15, 0.2) is 0 Å². The van der Waals surface area contributed by atoms with Crippen LogP contribution in [-0.2, 0) is 34.2 Å². The van der Waals surface area contributed by atoms with Gasteiger partial charge in [-0.15, -0.1) is 0 Å². The normalized spacial score (nSPS) is 14.8. The van der Waals surface area contributed by atoms with Crippen molar-refractivity contribution in [2.75, 3.05) is 4.72 Å². The molecule has 0 saturated heterocycles. The molecule has 3 N–H and O–H groups in total. The van der Waals surface area contributed by atoms with Crippen molar-refractivity contribution in [2.24, 2.45) is 10.7 Å². The molecule has 0 fully saturated rings. The summed E-state index contributed by atoms with van der Waals surface area (Å²) in [7, 11) is -3.70. The molecule has 0 atom stereocenters. The van der Waals surface area contributed by atoms with Crippen molar-refractivity contribution in [2.45, 2.75) is 25.9 Å². The number of amidine groups is 1. The van der Waals surface area contributed by atoms with Crippen LogP contribution in [0.1, 0.15) is 23.1 Å². The van der Waals surface area contributed by atoms with E-state index >= 15 is 0 Å². The van der Waals surface area contributed by atoms with E-state index in [4.69, 9.17) is 10.5 Å². The van der Waals surface area contributed by atoms with Crippen LogP contribution in [0.25, 0.3) is 0 Å². The molecule has 1 aliphatic heterocycles. The number of nitrogens with zero attached hydrogens (tertiary/aromatic N) is 1. The minimum absolute atomic E-state index is 0.0359. The van der Waals surface area contributed by atoms with Crippen LogP contribution in [0.15, 0.2) is 83.7 Å². The number of ether oxygens (including phenoxy) is 1. The first kappa shape index (κ1) is 21.4. The van der Waals surface area contributed by atoms with Gasteiger partial charge in [0.2, 0.25) is 0 Å². The Balaban J connectivity index is 0.000000234. The third kappa shape index (κ3) is 5.18. The average Bonchev–Trinajstić information content (AvgIpc) is 3.21. The molecule has 0 radical (unpaired) electrons. The number of aliphatic imine (C=N–C) groups is 1. The van der Waals surface area contributed by atoms with E-state index in [1.807, 2.05) is 0 Å². The van der Waals surface area contributed by atoms with Crippen LogP contribution in [0.2, 0.25) is 0 Å². The number of anilines is 1. The summed E-state index contributed by atoms with van der Waals surface area (Å²) < 4.78 is 31.9. The number of aryl methyl sites for hydroxylation is 2. The molecule has 0 spiro atoms. The highest BCUT2D eigenvalue weighted by Crippen LogP contribution is 2.28. The van der Waals surface area contributed by atoms with Gasteiger partial charge in [0.05, 0.1) is 10.6 Å². The van der Waals surface area contributed by atoms with Crippen LogP contribution in [0.3, 0.4) is 0 Å². The Morgan fingerprint density at radius 2 is 1.80 bits per heavy atom. The Labute approximate surface area is 177 Å². The SMILES string of the molecule is C=C/C=C(\C=C)S(=O)(=O)Nc1ccc2c(c1)COC(N)=N2.c1ccc2c(c1)CCC2. The molecular weight excluding hydrogens is 398 g/mol. The number of fused-ring (bicyclic) bond motifs is 2. The van der Waals surface area contributed by atoms with Crippen LogP contribution >= 0.6 is 0 Å². The molecular formula is C23H25N3O3S. The standard InChI is InChI=1S/C14H15N3O3S.C9H10/c1-3-5-12(4-2)21(18,19)17-11-6-7-13-10(8-11)9-20-14(15)16-13;1-2-5-9-7-3-6-8(9)4-1/h3-8,17H,1-2,9H2,(H2,15,16);1-2,4-5H,3,6-7H2/b12-5+;. The maximum absolute atomic E-state index is 12.2. The minimum atomic E-state index is -3.70. The van der Waals surface area contributed by atoms with E-state index in [0.29, 0.717) is 11.4 Å². The predicted molar refractivity (Wildman–Crippen MR) is 122 cm³/mol. The fourth-order valence-electron chi connectivity index (χ4n) is 3.29. The Morgan fingerprint density at radius 3 is 2.43 bits per heavy atom. The molecule has 2 aromatic rings. The molecule has 2 aromatic carbocycles. The molecule has 7 heteroatoms. The summed E-state index contributed by atoms with van der Waals surface area (Å²) in [6, 6.07) is 13.8. The van der Waals surface area contributed by atoms with Crippen molar-refractivity contribution < 1.29 is 13.2 Å². The van der Waals surface area contributed by atoms with E-state index in [2.05, 4.69) is 47.1 Å². The van der Waals surface area contributed by atoms with E-state index in [9.17, 15) is 8.42 Å². The Bertz CT molecular complexity index is 1100. The number of nitrogens with one attached hydrogen (secondary N) is 1. The highest BCUT2D eigenvalue weighted by Gasteiger charge is 2.16. The van der Waals surface area contributed by atoms with Gasteiger partial charge in [0, 0.05) is 11.3 Å². The number of sulfonamides is 1. The molecule has 0 unspecified atom stereocenters. The van der Waals surface area contributed by atoms with Gasteiger partial charge in [0.1, 0.15) is 6.61 Å². The highest BCUT2D eigenvalue weighted by molar-refractivity contribution is 7.96. The Kier molecular flexibility index (Phi) is 6.74. The quantitative estimate of drug-likeness (QED) is 0.700. The van der Waals surface area contributed by atoms with E-state index in [1.54, 1.807) is 29.3 Å². The third-order valence-corrected chi connectivity index (χ3v) is 6.17. The second kappa shape index (κ2) is 9.45. The van der Waals surface area contributed by atoms with E-state index in [1.165, 1.54) is 37.5 Å². The lowest BCUT2D eigenvalue weighted by molar-refractivity contribution is 0.282. The summed E-state index contributed by atoms with van der Waals surface area (Å²) in [4.78, 5) is 4.05. The molecule has 2 aliphatic rings. The molecule has 0 saturated carbocycles. The number of hydrogen-bond acceptors (Lipinski definition) is 5. The zero-order chi connectivity index (χ0) is 21.6. The first-order valence-corrected chi connectivity index (χ1v) is 11.1. The van der Waals surface area contributed by atoms with Gasteiger partial charge in [-0.25, -0.2) is 8.42 Å². The van der Waals surface area contributed by atoms with Crippen molar-refractivity contribution in [3.8, 4) is 0 Å². The molecule has 4 rings (SSSR count). The fourth-order valence-corrected chi connectivity index (χ4v) is 4.34. The molecule has 6 nitrogen and oxygen atoms in total. The van der Waals surface area contributed by atoms with Gasteiger partial charge >= 0.3 is 0 Å². The lowest BCUT2D eigenvalue weighted by Crippen LogP contribution is -2.19. The zero-order valence-electron chi connectivity index (χ0n) is 16.7. The largest absolute Gasteiger partial charge is 0.460 e. The molecule has 0 aromatic heterocycles. The van der Waals surface area contributed by atoms with E-state index in [-0.39, 0.29) is 17.5 Å². The first-order chi connectivity index (χ1) is 14.4. The van der Waals surface area contributed by atoms with Crippen molar-refractivity contribution >= 4 is 27.4 Å². The summed E-state index contributed by atoms with van der Waals surface area (Å²) >= 11 is 0. The van der Waals surface area contributed by atoms with Crippen LogP contribution < -0.4 is 10.5 Å². The number of nitrogens with two attached hydrogens (primary N) is 1. The van der Waals surface area contributed by atoms with Gasteiger partial charge < -0.3 is 10.5 Å². The minimum Gasteiger partial charge on any atom is -0.460 e. The molecule has 0 bridgehead atoms. The van der Waals surface area contributed by atoms with Crippen LogP contribution in [0.5, 0.6) is 0 Å². The summed E-state index contributed by atoms with van der Waals surface area (Å²) in [5.41, 5.74) is 10.4. The van der Waals surface area contributed by atoms with Crippen molar-refractivity contribution in [3.05, 3.63) is 95.4 Å². The number of allylic oxidation sites excluding steroid dienone is 3. The van der Waals surface area contributed by atoms with Crippen LogP contribution in [0.4, 0.5) is 11.4 Å². The predicted octanol–water partition coefficient (Wildman–Crippen LogP) is 4.34. The number of benzene rings is 2. The van der Waals surface area contributed by atoms with Crippen molar-refractivity contribution in [1.29, 1.82) is 0 Å². The smallest absolute Gasteiger partial charge is 0.287 e. The van der Waals surface area contributed by atoms with Gasteiger partial charge in [-0.05, 0) is 60.7 Å². The summed E-state index contributed by atoms with van der Waals surface area (Å²) in [6.45, 7) is 7.20. The highest BCUT2D eigenvalue weighted by atomic mass is 32.2. The van der Waals surface area contributed by atoms with Gasteiger partial charge in [-0.1, -0.05) is 43.5 Å². The number of rotatable bonds is 5. The maximum Gasteiger partial charge on any atom is 0.287 e. The van der Waals surface area contributed by atoms with Gasteiger partial charge in [0.25, 0.3) is 16.0 Å².